The lowest BCUT2D eigenvalue weighted by molar-refractivity contribution is -0.123. The molecule has 246 valence electrons. The Kier molecular flexibility index (Phi) is 33.0. The molecule has 1 amide bonds. The molecule has 0 spiro atoms. The van der Waals surface area contributed by atoms with Crippen molar-refractivity contribution in [2.24, 2.45) is 0 Å². The van der Waals surface area contributed by atoms with Gasteiger partial charge in [-0.3, -0.25) is 4.79 Å². The normalized spacial score (nSPS) is 13.5. The van der Waals surface area contributed by atoms with Crippen molar-refractivity contribution in [3.8, 4) is 0 Å². The van der Waals surface area contributed by atoms with Crippen molar-refractivity contribution in [3.63, 3.8) is 0 Å². The minimum atomic E-state index is -0.886. The Morgan fingerprint density at radius 1 is 0.571 bits per heavy atom. The molecule has 0 radical (unpaired) electrons. The SMILES string of the molecule is CCCCCCCC/C=C\CCCCCCCCCCCC(=O)N[C@@H](CO)[C@H](O)/C=C/C=C/CCCCCCCCC. The number of unbranched alkanes of at least 4 members (excludes halogenated alkanes) is 22. The maximum atomic E-state index is 12.3. The van der Waals surface area contributed by atoms with Crippen molar-refractivity contribution in [2.45, 2.75) is 193 Å². The molecule has 0 saturated carbocycles. The molecule has 0 fully saturated rings. The molecule has 4 heteroatoms. The van der Waals surface area contributed by atoms with Gasteiger partial charge in [0.1, 0.15) is 0 Å². The van der Waals surface area contributed by atoms with Gasteiger partial charge in [-0.15, -0.1) is 0 Å². The molecule has 0 aromatic carbocycles. The van der Waals surface area contributed by atoms with Crippen LogP contribution in [-0.4, -0.2) is 34.9 Å². The van der Waals surface area contributed by atoms with Gasteiger partial charge in [0.2, 0.25) is 5.91 Å². The van der Waals surface area contributed by atoms with Crippen LogP contribution in [0, 0.1) is 0 Å². The van der Waals surface area contributed by atoms with Gasteiger partial charge in [0.25, 0.3) is 0 Å². The van der Waals surface area contributed by atoms with E-state index < -0.39 is 12.1 Å². The van der Waals surface area contributed by atoms with Gasteiger partial charge in [-0.2, -0.15) is 0 Å². The van der Waals surface area contributed by atoms with E-state index in [0.29, 0.717) is 6.42 Å². The van der Waals surface area contributed by atoms with Crippen molar-refractivity contribution >= 4 is 5.91 Å². The van der Waals surface area contributed by atoms with Crippen LogP contribution in [0.3, 0.4) is 0 Å². The Morgan fingerprint density at radius 2 is 0.976 bits per heavy atom. The van der Waals surface area contributed by atoms with E-state index in [4.69, 9.17) is 0 Å². The Bertz CT molecular complexity index is 642. The molecule has 0 saturated heterocycles. The first kappa shape index (κ1) is 40.6. The Labute approximate surface area is 261 Å². The summed E-state index contributed by atoms with van der Waals surface area (Å²) in [5, 5.41) is 22.8. The van der Waals surface area contributed by atoms with Crippen LogP contribution in [0.5, 0.6) is 0 Å². The van der Waals surface area contributed by atoms with Gasteiger partial charge in [-0.05, 0) is 44.9 Å². The van der Waals surface area contributed by atoms with E-state index >= 15 is 0 Å². The summed E-state index contributed by atoms with van der Waals surface area (Å²) in [6, 6.07) is -0.652. The summed E-state index contributed by atoms with van der Waals surface area (Å²) in [5.74, 6) is -0.0861. The van der Waals surface area contributed by atoms with Crippen LogP contribution in [0.2, 0.25) is 0 Å². The predicted octanol–water partition coefficient (Wildman–Crippen LogP) is 10.7. The number of carbonyl (C=O) groups excluding carboxylic acids is 1. The topological polar surface area (TPSA) is 69.6 Å². The summed E-state index contributed by atoms with van der Waals surface area (Å²) < 4.78 is 0. The molecule has 42 heavy (non-hydrogen) atoms. The largest absolute Gasteiger partial charge is 0.394 e. The highest BCUT2D eigenvalue weighted by molar-refractivity contribution is 5.76. The van der Waals surface area contributed by atoms with Crippen LogP contribution in [0.25, 0.3) is 0 Å². The minimum absolute atomic E-state index is 0.0861. The van der Waals surface area contributed by atoms with E-state index in [1.807, 2.05) is 12.2 Å². The number of carbonyl (C=O) groups is 1. The van der Waals surface area contributed by atoms with Crippen LogP contribution < -0.4 is 5.32 Å². The van der Waals surface area contributed by atoms with E-state index in [1.54, 1.807) is 6.08 Å². The summed E-state index contributed by atoms with van der Waals surface area (Å²) in [5.41, 5.74) is 0. The summed E-state index contributed by atoms with van der Waals surface area (Å²) in [4.78, 5) is 12.3. The van der Waals surface area contributed by atoms with E-state index in [1.165, 1.54) is 141 Å². The highest BCUT2D eigenvalue weighted by Crippen LogP contribution is 2.13. The van der Waals surface area contributed by atoms with Gasteiger partial charge < -0.3 is 15.5 Å². The number of rotatable bonds is 32. The first-order chi connectivity index (χ1) is 20.7. The third kappa shape index (κ3) is 30.1. The number of nitrogens with one attached hydrogen (secondary N) is 1. The lowest BCUT2D eigenvalue weighted by Crippen LogP contribution is -2.45. The molecular formula is C38H71NO3. The first-order valence-electron chi connectivity index (χ1n) is 18.2. The van der Waals surface area contributed by atoms with E-state index in [9.17, 15) is 15.0 Å². The zero-order chi connectivity index (χ0) is 30.8. The third-order valence-corrected chi connectivity index (χ3v) is 8.15. The number of aliphatic hydroxyl groups excluding tert-OH is 2. The standard InChI is InChI=1S/C38H71NO3/c1-3-5-7-9-11-13-15-16-17-18-19-20-21-22-24-26-28-30-32-34-38(42)39-36(35-40)37(41)33-31-29-27-25-23-14-12-10-8-6-4-2/h16-17,27,29,31,33,36-37,40-41H,3-15,18-26,28,30,32,34-35H2,1-2H3,(H,39,42)/b17-16-,29-27+,33-31+/t36-,37+/m0/s1. The molecule has 4 nitrogen and oxygen atoms in total. The highest BCUT2D eigenvalue weighted by Gasteiger charge is 2.17. The van der Waals surface area contributed by atoms with Crippen LogP contribution in [0.4, 0.5) is 0 Å². The first-order valence-corrected chi connectivity index (χ1v) is 18.2. The molecule has 0 aromatic heterocycles. The summed E-state index contributed by atoms with van der Waals surface area (Å²) in [7, 11) is 0. The molecule has 0 aliphatic rings. The monoisotopic (exact) mass is 590 g/mol. The second kappa shape index (κ2) is 34.1. The lowest BCUT2D eigenvalue weighted by atomic mass is 10.0. The van der Waals surface area contributed by atoms with Crippen molar-refractivity contribution < 1.29 is 15.0 Å². The highest BCUT2D eigenvalue weighted by atomic mass is 16.3. The average molecular weight is 590 g/mol. The van der Waals surface area contributed by atoms with Crippen LogP contribution >= 0.6 is 0 Å². The van der Waals surface area contributed by atoms with Crippen molar-refractivity contribution in [3.05, 3.63) is 36.5 Å². The van der Waals surface area contributed by atoms with E-state index in [-0.39, 0.29) is 12.5 Å². The Balaban J connectivity index is 3.64. The average Bonchev–Trinajstić information content (AvgIpc) is 2.99. The Hall–Kier alpha value is -1.39. The number of allylic oxidation sites excluding steroid dienone is 5. The summed E-state index contributed by atoms with van der Waals surface area (Å²) in [6.45, 7) is 4.25. The molecule has 0 unspecified atom stereocenters. The molecule has 3 N–H and O–H groups in total. The lowest BCUT2D eigenvalue weighted by Gasteiger charge is -2.19. The van der Waals surface area contributed by atoms with Crippen molar-refractivity contribution in [1.82, 2.24) is 5.32 Å². The molecule has 2 atom stereocenters. The molecule has 0 aliphatic heterocycles. The molecule has 0 rings (SSSR count). The van der Waals surface area contributed by atoms with Crippen LogP contribution in [0.15, 0.2) is 36.5 Å². The van der Waals surface area contributed by atoms with Crippen molar-refractivity contribution in [1.29, 1.82) is 0 Å². The zero-order valence-corrected chi connectivity index (χ0v) is 28.0. The molecule has 0 aliphatic carbocycles. The van der Waals surface area contributed by atoms with Gasteiger partial charge in [0, 0.05) is 6.42 Å². The summed E-state index contributed by atoms with van der Waals surface area (Å²) >= 11 is 0. The van der Waals surface area contributed by atoms with E-state index in [2.05, 4.69) is 37.4 Å². The maximum Gasteiger partial charge on any atom is 0.220 e. The minimum Gasteiger partial charge on any atom is -0.394 e. The third-order valence-electron chi connectivity index (χ3n) is 8.15. The smallest absolute Gasteiger partial charge is 0.220 e. The van der Waals surface area contributed by atoms with Gasteiger partial charge in [0.05, 0.1) is 18.8 Å². The van der Waals surface area contributed by atoms with Gasteiger partial charge in [-0.1, -0.05) is 166 Å². The Morgan fingerprint density at radius 3 is 1.43 bits per heavy atom. The predicted molar refractivity (Wildman–Crippen MR) is 184 cm³/mol. The fourth-order valence-electron chi connectivity index (χ4n) is 5.29. The zero-order valence-electron chi connectivity index (χ0n) is 28.0. The second-order valence-corrected chi connectivity index (χ2v) is 12.3. The number of aliphatic hydroxyl groups is 2. The van der Waals surface area contributed by atoms with Gasteiger partial charge in [0.15, 0.2) is 0 Å². The fraction of sp³-hybridized carbons (Fsp3) is 0.816. The van der Waals surface area contributed by atoms with Crippen LogP contribution in [-0.2, 0) is 4.79 Å². The van der Waals surface area contributed by atoms with Crippen LogP contribution in [0.1, 0.15) is 181 Å². The number of hydrogen-bond acceptors (Lipinski definition) is 3. The molecular weight excluding hydrogens is 518 g/mol. The molecule has 0 aromatic rings. The molecule has 0 heterocycles. The van der Waals surface area contributed by atoms with Gasteiger partial charge >= 0.3 is 0 Å². The van der Waals surface area contributed by atoms with Crippen molar-refractivity contribution in [2.75, 3.05) is 6.61 Å². The molecule has 0 bridgehead atoms. The van der Waals surface area contributed by atoms with Gasteiger partial charge in [-0.25, -0.2) is 0 Å². The van der Waals surface area contributed by atoms with E-state index in [0.717, 1.165) is 19.3 Å². The maximum absolute atomic E-state index is 12.3. The second-order valence-electron chi connectivity index (χ2n) is 12.3. The number of amides is 1. The fourth-order valence-corrected chi connectivity index (χ4v) is 5.29. The number of hydrogen-bond donors (Lipinski definition) is 3. The quantitative estimate of drug-likeness (QED) is 0.0415. The summed E-state index contributed by atoms with van der Waals surface area (Å²) in [6.07, 6.45) is 43.8.